The molecule has 4 aliphatic rings. The third kappa shape index (κ3) is 6.15. The summed E-state index contributed by atoms with van der Waals surface area (Å²) in [5.41, 5.74) is 0.821. The van der Waals surface area contributed by atoms with Crippen LogP contribution in [0.1, 0.15) is 32.6 Å². The third-order valence-electron chi connectivity index (χ3n) is 10.3. The maximum atomic E-state index is 13.6. The third-order valence-corrected chi connectivity index (χ3v) is 10.3. The number of esters is 1. The second-order valence-corrected chi connectivity index (χ2v) is 13.1. The number of amides is 2. The second kappa shape index (κ2) is 13.4. The molecule has 0 aromatic heterocycles. The Hall–Kier alpha value is -4.53. The topological polar surface area (TPSA) is 138 Å². The number of carbonyl (C=O) groups excluding carboxylic acids is 3. The lowest BCUT2D eigenvalue weighted by molar-refractivity contribution is -0.153. The number of rotatable bonds is 11. The number of benzene rings is 1. The first-order chi connectivity index (χ1) is 22.0. The Morgan fingerprint density at radius 1 is 0.761 bits per heavy atom. The summed E-state index contributed by atoms with van der Waals surface area (Å²) in [6, 6.07) is 8.79. The van der Waals surface area contributed by atoms with Gasteiger partial charge in [-0.25, -0.2) is 4.79 Å². The van der Waals surface area contributed by atoms with Gasteiger partial charge in [0, 0.05) is 11.5 Å². The first-order valence-electron chi connectivity index (χ1n) is 15.8. The quantitative estimate of drug-likeness (QED) is 0.143. The number of carboxylic acid groups (broad SMARTS) is 2. The number of para-hydroxylation sites is 1. The summed E-state index contributed by atoms with van der Waals surface area (Å²) >= 11 is 0. The van der Waals surface area contributed by atoms with Crippen LogP contribution in [0, 0.1) is 59.2 Å². The molecule has 11 unspecified atom stereocenters. The zero-order chi connectivity index (χ0) is 33.3. The van der Waals surface area contributed by atoms with Crippen molar-refractivity contribution < 1.29 is 38.9 Å². The van der Waals surface area contributed by atoms with Gasteiger partial charge in [0.25, 0.3) is 0 Å². The van der Waals surface area contributed by atoms with Crippen molar-refractivity contribution in [3.8, 4) is 0 Å². The number of fused-ring (bicyclic) bond motifs is 1. The van der Waals surface area contributed by atoms with Crippen molar-refractivity contribution in [2.24, 2.45) is 59.2 Å². The molecule has 11 atom stereocenters. The molecule has 1 aromatic rings. The van der Waals surface area contributed by atoms with E-state index in [2.05, 4.69) is 19.7 Å². The average molecular weight is 628 g/mol. The molecule has 242 valence electrons. The number of hydrogen-bond donors (Lipinski definition) is 2. The number of imide groups is 1. The van der Waals surface area contributed by atoms with E-state index in [-0.39, 0.29) is 41.6 Å². The van der Waals surface area contributed by atoms with E-state index in [1.54, 1.807) is 49.4 Å². The summed E-state index contributed by atoms with van der Waals surface area (Å²) in [6.07, 6.45) is 12.5. The van der Waals surface area contributed by atoms with E-state index in [0.29, 0.717) is 36.9 Å². The molecule has 9 nitrogen and oxygen atoms in total. The van der Waals surface area contributed by atoms with Gasteiger partial charge in [0.1, 0.15) is 6.10 Å². The van der Waals surface area contributed by atoms with Crippen molar-refractivity contribution in [2.45, 2.75) is 38.7 Å². The number of aliphatic carboxylic acids is 2. The van der Waals surface area contributed by atoms with Crippen LogP contribution in [0.3, 0.4) is 0 Å². The fraction of sp³-hybridized carbons (Fsp3) is 0.432. The molecule has 1 saturated heterocycles. The van der Waals surface area contributed by atoms with E-state index in [9.17, 15) is 34.2 Å². The standard InChI is InChI=1S/C37H41NO8/c1-5-22-16-21(17-28(22)46-37(45)20(3)4)12-13-25-19-26(32(36(43)44)31(25)35(41)42)15-14-24-18-23(6-2)29-30(24)34(40)38(33(29)39)27-10-8-7-9-11-27/h5-15,21-26,28-32H,1-3,16-19H2,4H3,(H,41,42)(H,43,44)/b13-12-,15-14-. The Labute approximate surface area is 269 Å². The molecule has 2 N–H and O–H groups in total. The number of hydrogen-bond acceptors (Lipinski definition) is 6. The van der Waals surface area contributed by atoms with E-state index >= 15 is 0 Å². The Kier molecular flexibility index (Phi) is 9.60. The molecule has 4 fully saturated rings. The van der Waals surface area contributed by atoms with E-state index in [1.807, 2.05) is 24.3 Å². The van der Waals surface area contributed by atoms with Crippen molar-refractivity contribution in [1.29, 1.82) is 0 Å². The highest BCUT2D eigenvalue weighted by atomic mass is 16.5. The molecule has 0 radical (unpaired) electrons. The molecule has 2 amide bonds. The van der Waals surface area contributed by atoms with Crippen LogP contribution >= 0.6 is 0 Å². The fourth-order valence-electron chi connectivity index (χ4n) is 8.14. The van der Waals surface area contributed by atoms with Crippen molar-refractivity contribution in [3.63, 3.8) is 0 Å². The summed E-state index contributed by atoms with van der Waals surface area (Å²) in [5, 5.41) is 20.3. The van der Waals surface area contributed by atoms with Gasteiger partial charge in [-0.05, 0) is 74.3 Å². The van der Waals surface area contributed by atoms with Crippen LogP contribution in [0.25, 0.3) is 0 Å². The van der Waals surface area contributed by atoms with Crippen LogP contribution in [0.4, 0.5) is 5.69 Å². The molecule has 46 heavy (non-hydrogen) atoms. The smallest absolute Gasteiger partial charge is 0.333 e. The van der Waals surface area contributed by atoms with Crippen LogP contribution in [0.2, 0.25) is 0 Å². The maximum Gasteiger partial charge on any atom is 0.333 e. The molecule has 5 rings (SSSR count). The number of nitrogens with zero attached hydrogens (tertiary/aromatic N) is 1. The normalized spacial score (nSPS) is 35.5. The summed E-state index contributed by atoms with van der Waals surface area (Å²) in [7, 11) is 0. The first kappa shape index (κ1) is 32.9. The lowest BCUT2D eigenvalue weighted by atomic mass is 9.85. The van der Waals surface area contributed by atoms with Crippen LogP contribution in [-0.4, -0.2) is 46.0 Å². The van der Waals surface area contributed by atoms with E-state index < -0.39 is 53.4 Å². The molecule has 9 heteroatoms. The molecule has 1 aliphatic heterocycles. The Balaban J connectivity index is 1.34. The zero-order valence-corrected chi connectivity index (χ0v) is 25.9. The van der Waals surface area contributed by atoms with Gasteiger partial charge in [0.2, 0.25) is 11.8 Å². The monoisotopic (exact) mass is 627 g/mol. The largest absolute Gasteiger partial charge is 0.481 e. The second-order valence-electron chi connectivity index (χ2n) is 13.1. The van der Waals surface area contributed by atoms with E-state index in [0.717, 1.165) is 0 Å². The van der Waals surface area contributed by atoms with Gasteiger partial charge < -0.3 is 14.9 Å². The Bertz CT molecular complexity index is 1490. The lowest BCUT2D eigenvalue weighted by Crippen LogP contribution is -2.33. The Morgan fingerprint density at radius 2 is 1.28 bits per heavy atom. The van der Waals surface area contributed by atoms with Gasteiger partial charge in [-0.2, -0.15) is 0 Å². The minimum Gasteiger partial charge on any atom is -0.481 e. The van der Waals surface area contributed by atoms with Crippen LogP contribution < -0.4 is 4.90 Å². The molecule has 1 heterocycles. The van der Waals surface area contributed by atoms with Crippen molar-refractivity contribution in [3.05, 3.63) is 92.1 Å². The van der Waals surface area contributed by atoms with E-state index in [1.165, 1.54) is 4.90 Å². The van der Waals surface area contributed by atoms with Crippen LogP contribution in [0.15, 0.2) is 92.1 Å². The molecular weight excluding hydrogens is 586 g/mol. The van der Waals surface area contributed by atoms with Gasteiger partial charge in [-0.1, -0.05) is 61.2 Å². The maximum absolute atomic E-state index is 13.6. The predicted molar refractivity (Wildman–Crippen MR) is 171 cm³/mol. The van der Waals surface area contributed by atoms with E-state index in [4.69, 9.17) is 4.74 Å². The highest BCUT2D eigenvalue weighted by Gasteiger charge is 2.58. The van der Waals surface area contributed by atoms with Gasteiger partial charge in [0.15, 0.2) is 0 Å². The summed E-state index contributed by atoms with van der Waals surface area (Å²) in [4.78, 5) is 65.4. The fourth-order valence-corrected chi connectivity index (χ4v) is 8.14. The van der Waals surface area contributed by atoms with Gasteiger partial charge in [0.05, 0.1) is 29.4 Å². The summed E-state index contributed by atoms with van der Waals surface area (Å²) < 4.78 is 5.60. The molecule has 1 aromatic carbocycles. The molecule has 0 spiro atoms. The predicted octanol–water partition coefficient (Wildman–Crippen LogP) is 5.46. The number of anilines is 1. The lowest BCUT2D eigenvalue weighted by Gasteiger charge is -2.20. The Morgan fingerprint density at radius 3 is 1.83 bits per heavy atom. The summed E-state index contributed by atoms with van der Waals surface area (Å²) in [6.45, 7) is 13.0. The number of carbonyl (C=O) groups is 5. The highest BCUT2D eigenvalue weighted by molar-refractivity contribution is 6.22. The molecular formula is C37H41NO8. The zero-order valence-electron chi connectivity index (χ0n) is 25.9. The van der Waals surface area contributed by atoms with Gasteiger partial charge >= 0.3 is 17.9 Å². The van der Waals surface area contributed by atoms with Gasteiger partial charge in [-0.3, -0.25) is 24.1 Å². The molecule has 3 saturated carbocycles. The average Bonchev–Trinajstić information content (AvgIpc) is 3.76. The van der Waals surface area contributed by atoms with Crippen LogP contribution in [0.5, 0.6) is 0 Å². The highest BCUT2D eigenvalue weighted by Crippen LogP contribution is 2.51. The SMILES string of the molecule is C=CC1CC(/C=C\C2CC(/C=C\C3CC(C=C)C4C(=O)N(c5ccccc5)C(=O)C34)C(C(=O)O)C2C(=O)O)CC1OC(=O)C(=C)C. The number of carboxylic acids is 2. The first-order valence-corrected chi connectivity index (χ1v) is 15.8. The summed E-state index contributed by atoms with van der Waals surface area (Å²) in [5.74, 6) is -8.53. The van der Waals surface area contributed by atoms with Gasteiger partial charge in [-0.15, -0.1) is 13.2 Å². The minimum absolute atomic E-state index is 0.00275. The van der Waals surface area contributed by atoms with Crippen molar-refractivity contribution in [1.82, 2.24) is 0 Å². The molecule has 0 bridgehead atoms. The van der Waals surface area contributed by atoms with Crippen molar-refractivity contribution in [2.75, 3.05) is 4.90 Å². The number of allylic oxidation sites excluding steroid dienone is 5. The molecule has 3 aliphatic carbocycles. The minimum atomic E-state index is -1.19. The number of ether oxygens (including phenoxy) is 1. The van der Waals surface area contributed by atoms with Crippen LogP contribution in [-0.2, 0) is 28.7 Å². The van der Waals surface area contributed by atoms with Crippen molar-refractivity contribution >= 4 is 35.4 Å².